The van der Waals surface area contributed by atoms with Crippen molar-refractivity contribution in [3.63, 3.8) is 0 Å². The van der Waals surface area contributed by atoms with E-state index in [1.165, 1.54) is 0 Å². The Balaban J connectivity index is 1.06. The van der Waals surface area contributed by atoms with Gasteiger partial charge in [0, 0.05) is 30.4 Å². The number of halogens is 1. The van der Waals surface area contributed by atoms with E-state index in [2.05, 4.69) is 10.3 Å². The van der Waals surface area contributed by atoms with Crippen LogP contribution in [0.25, 0.3) is 5.65 Å². The van der Waals surface area contributed by atoms with Crippen LogP contribution in [0.4, 0.5) is 10.6 Å². The van der Waals surface area contributed by atoms with Gasteiger partial charge in [-0.15, -0.1) is 0 Å². The highest BCUT2D eigenvalue weighted by molar-refractivity contribution is 6.30. The van der Waals surface area contributed by atoms with Crippen molar-refractivity contribution < 1.29 is 14.3 Å². The number of fused-ring (bicyclic) bond motifs is 1. The first-order chi connectivity index (χ1) is 16.1. The summed E-state index contributed by atoms with van der Waals surface area (Å²) in [4.78, 5) is 18.6. The topological polar surface area (TPSA) is 68.1 Å². The molecule has 0 radical (unpaired) electrons. The minimum Gasteiger partial charge on any atom is -0.493 e. The minimum absolute atomic E-state index is 0.107. The normalized spacial score (nSPS) is 13.5. The summed E-state index contributed by atoms with van der Waals surface area (Å²) in [5.74, 6) is 3.26. The van der Waals surface area contributed by atoms with Crippen molar-refractivity contribution in [3.05, 3.63) is 84.1 Å². The summed E-state index contributed by atoms with van der Waals surface area (Å²) < 4.78 is 13.6. The number of carbonyl (C=O) groups excluding carboxylic acids is 1. The standard InChI is InChI=1S/C25H23ClN4O3/c26-19-7-9-20(10-8-19)33-22-5-3-4-21(14-22)32-13-11-18-16-29(17-18)25(31)28-24-15-27-23-6-1-2-12-30(23)24/h1-10,12,14-15,18H,11,13,16-17H2,(H,28,31). The van der Waals surface area contributed by atoms with Crippen molar-refractivity contribution in [2.45, 2.75) is 6.42 Å². The number of amides is 2. The van der Waals surface area contributed by atoms with Crippen molar-refractivity contribution in [1.82, 2.24) is 14.3 Å². The quantitative estimate of drug-likeness (QED) is 0.382. The Hall–Kier alpha value is -3.71. The Kier molecular flexibility index (Phi) is 6.04. The van der Waals surface area contributed by atoms with Gasteiger partial charge in [-0.25, -0.2) is 9.78 Å². The molecule has 0 unspecified atom stereocenters. The van der Waals surface area contributed by atoms with E-state index in [9.17, 15) is 4.79 Å². The fourth-order valence-electron chi connectivity index (χ4n) is 3.74. The number of pyridine rings is 1. The molecule has 0 spiro atoms. The summed E-state index contributed by atoms with van der Waals surface area (Å²) in [7, 11) is 0. The van der Waals surface area contributed by atoms with Gasteiger partial charge in [-0.05, 0) is 60.9 Å². The molecular formula is C25H23ClN4O3. The van der Waals surface area contributed by atoms with Crippen LogP contribution in [-0.4, -0.2) is 40.0 Å². The van der Waals surface area contributed by atoms with E-state index < -0.39 is 0 Å². The van der Waals surface area contributed by atoms with Crippen LogP contribution in [0.3, 0.4) is 0 Å². The van der Waals surface area contributed by atoms with E-state index in [0.29, 0.717) is 48.0 Å². The first kappa shape index (κ1) is 21.2. The molecule has 2 amide bonds. The van der Waals surface area contributed by atoms with Crippen LogP contribution >= 0.6 is 11.6 Å². The van der Waals surface area contributed by atoms with Crippen LogP contribution in [0.1, 0.15) is 6.42 Å². The van der Waals surface area contributed by atoms with E-state index in [0.717, 1.165) is 17.8 Å². The molecule has 0 aliphatic carbocycles. The third kappa shape index (κ3) is 5.04. The van der Waals surface area contributed by atoms with Crippen LogP contribution in [0, 0.1) is 5.92 Å². The fourth-order valence-corrected chi connectivity index (χ4v) is 3.87. The average molecular weight is 463 g/mol. The zero-order valence-electron chi connectivity index (χ0n) is 17.9. The lowest BCUT2D eigenvalue weighted by atomic mass is 9.97. The summed E-state index contributed by atoms with van der Waals surface area (Å²) >= 11 is 5.91. The number of nitrogens with zero attached hydrogens (tertiary/aromatic N) is 3. The Morgan fingerprint density at radius 1 is 1.03 bits per heavy atom. The maximum absolute atomic E-state index is 12.5. The number of carbonyl (C=O) groups is 1. The lowest BCUT2D eigenvalue weighted by Gasteiger charge is -2.39. The van der Waals surface area contributed by atoms with Crippen molar-refractivity contribution in [2.24, 2.45) is 5.92 Å². The average Bonchev–Trinajstić information content (AvgIpc) is 3.20. The summed E-state index contributed by atoms with van der Waals surface area (Å²) in [6.45, 7) is 2.01. The van der Waals surface area contributed by atoms with Crippen LogP contribution in [-0.2, 0) is 0 Å². The van der Waals surface area contributed by atoms with Gasteiger partial charge in [0.1, 0.15) is 28.7 Å². The molecule has 5 rings (SSSR count). The van der Waals surface area contributed by atoms with Gasteiger partial charge in [-0.3, -0.25) is 9.72 Å². The van der Waals surface area contributed by atoms with Gasteiger partial charge in [0.15, 0.2) is 0 Å². The van der Waals surface area contributed by atoms with Crippen molar-refractivity contribution in [3.8, 4) is 17.2 Å². The maximum Gasteiger partial charge on any atom is 0.323 e. The molecule has 168 valence electrons. The highest BCUT2D eigenvalue weighted by atomic mass is 35.5. The predicted octanol–water partition coefficient (Wildman–Crippen LogP) is 5.71. The fraction of sp³-hybridized carbons (Fsp3) is 0.200. The molecule has 0 saturated carbocycles. The molecule has 2 aromatic carbocycles. The van der Waals surface area contributed by atoms with Crippen LogP contribution in [0.2, 0.25) is 5.02 Å². The SMILES string of the molecule is O=C(Nc1cnc2ccccn12)N1CC(CCOc2cccc(Oc3ccc(Cl)cc3)c2)C1. The number of rotatable bonds is 7. The second kappa shape index (κ2) is 9.42. The number of urea groups is 1. The second-order valence-corrected chi connectivity index (χ2v) is 8.38. The smallest absolute Gasteiger partial charge is 0.323 e. The van der Waals surface area contributed by atoms with E-state index in [4.69, 9.17) is 21.1 Å². The molecular weight excluding hydrogens is 440 g/mol. The number of imidazole rings is 1. The predicted molar refractivity (Wildman–Crippen MR) is 127 cm³/mol. The number of hydrogen-bond donors (Lipinski definition) is 1. The molecule has 1 aliphatic rings. The zero-order valence-corrected chi connectivity index (χ0v) is 18.6. The summed E-state index contributed by atoms with van der Waals surface area (Å²) in [5, 5.41) is 3.60. The molecule has 0 atom stereocenters. The van der Waals surface area contributed by atoms with Gasteiger partial charge in [0.2, 0.25) is 0 Å². The molecule has 1 aliphatic heterocycles. The zero-order chi connectivity index (χ0) is 22.6. The van der Waals surface area contributed by atoms with Gasteiger partial charge < -0.3 is 14.4 Å². The molecule has 1 N–H and O–H groups in total. The first-order valence-corrected chi connectivity index (χ1v) is 11.2. The van der Waals surface area contributed by atoms with Gasteiger partial charge in [-0.2, -0.15) is 0 Å². The third-order valence-corrected chi connectivity index (χ3v) is 5.80. The lowest BCUT2D eigenvalue weighted by Crippen LogP contribution is -2.52. The van der Waals surface area contributed by atoms with Crippen LogP contribution < -0.4 is 14.8 Å². The van der Waals surface area contributed by atoms with Gasteiger partial charge in [-0.1, -0.05) is 23.7 Å². The van der Waals surface area contributed by atoms with Crippen LogP contribution in [0.5, 0.6) is 17.2 Å². The molecule has 33 heavy (non-hydrogen) atoms. The Labute approximate surface area is 196 Å². The molecule has 4 aromatic rings. The van der Waals surface area contributed by atoms with Crippen LogP contribution in [0.15, 0.2) is 79.1 Å². The number of hydrogen-bond acceptors (Lipinski definition) is 4. The first-order valence-electron chi connectivity index (χ1n) is 10.8. The number of nitrogens with one attached hydrogen (secondary N) is 1. The van der Waals surface area contributed by atoms with Gasteiger partial charge in [0.05, 0.1) is 12.8 Å². The largest absolute Gasteiger partial charge is 0.493 e. The van der Waals surface area contributed by atoms with Gasteiger partial charge >= 0.3 is 6.03 Å². The number of anilines is 1. The molecule has 7 nitrogen and oxygen atoms in total. The van der Waals surface area contributed by atoms with E-state index in [1.54, 1.807) is 23.2 Å². The maximum atomic E-state index is 12.5. The highest BCUT2D eigenvalue weighted by Crippen LogP contribution is 2.27. The van der Waals surface area contributed by atoms with Gasteiger partial charge in [0.25, 0.3) is 0 Å². The molecule has 0 bridgehead atoms. The highest BCUT2D eigenvalue weighted by Gasteiger charge is 2.30. The molecule has 3 heterocycles. The summed E-state index contributed by atoms with van der Waals surface area (Å²) in [5.41, 5.74) is 0.800. The van der Waals surface area contributed by atoms with Crippen molar-refractivity contribution in [2.75, 3.05) is 25.0 Å². The molecule has 8 heteroatoms. The summed E-state index contributed by atoms with van der Waals surface area (Å²) in [6, 6.07) is 20.4. The molecule has 2 aromatic heterocycles. The monoisotopic (exact) mass is 462 g/mol. The van der Waals surface area contributed by atoms with E-state index in [1.807, 2.05) is 65.2 Å². The third-order valence-electron chi connectivity index (χ3n) is 5.55. The Morgan fingerprint density at radius 3 is 2.70 bits per heavy atom. The minimum atomic E-state index is -0.107. The number of benzene rings is 2. The van der Waals surface area contributed by atoms with Crippen molar-refractivity contribution in [1.29, 1.82) is 0 Å². The molecule has 1 fully saturated rings. The number of likely N-dealkylation sites (tertiary alicyclic amines) is 1. The number of aromatic nitrogens is 2. The van der Waals surface area contributed by atoms with E-state index >= 15 is 0 Å². The van der Waals surface area contributed by atoms with E-state index in [-0.39, 0.29) is 6.03 Å². The second-order valence-electron chi connectivity index (χ2n) is 7.94. The Morgan fingerprint density at radius 2 is 1.85 bits per heavy atom. The lowest BCUT2D eigenvalue weighted by molar-refractivity contribution is 0.113. The Bertz CT molecular complexity index is 1250. The number of ether oxygens (including phenoxy) is 2. The molecule has 1 saturated heterocycles. The van der Waals surface area contributed by atoms with Crippen molar-refractivity contribution >= 4 is 29.1 Å². The summed E-state index contributed by atoms with van der Waals surface area (Å²) in [6.07, 6.45) is 4.43.